The lowest BCUT2D eigenvalue weighted by molar-refractivity contribution is -0.959. The first-order valence-electron chi connectivity index (χ1n) is 7.75. The van der Waals surface area contributed by atoms with Gasteiger partial charge in [0.2, 0.25) is 0 Å². The summed E-state index contributed by atoms with van der Waals surface area (Å²) in [6, 6.07) is 0. The fourth-order valence-corrected chi connectivity index (χ4v) is 3.97. The van der Waals surface area contributed by atoms with Crippen molar-refractivity contribution in [3.8, 4) is 0 Å². The molecule has 3 unspecified atom stereocenters. The number of hydrogen-bond donors (Lipinski definition) is 0. The molecular weight excluding hydrogens is 256 g/mol. The fraction of sp³-hybridized carbons (Fsp3) is 0.933. The largest absolute Gasteiger partial charge is 0.719 e. The average molecular weight is 286 g/mol. The topological polar surface area (TPSA) is 20.3 Å². The van der Waals surface area contributed by atoms with Crippen LogP contribution in [0.25, 0.3) is 0 Å². The second kappa shape index (κ2) is 6.89. The number of rotatable bonds is 4. The van der Waals surface area contributed by atoms with E-state index in [0.29, 0.717) is 11.8 Å². The molecule has 0 N–H and O–H groups in total. The lowest BCUT2D eigenvalue weighted by Gasteiger charge is -2.50. The van der Waals surface area contributed by atoms with E-state index < -0.39 is 0 Å². The van der Waals surface area contributed by atoms with Gasteiger partial charge in [-0.3, -0.25) is 0 Å². The highest BCUT2D eigenvalue weighted by molar-refractivity contribution is 7.76. The molecule has 1 saturated heterocycles. The molecule has 3 nitrogen and oxygen atoms in total. The number of carbonyl (C=O) groups is 1. The summed E-state index contributed by atoms with van der Waals surface area (Å²) >= 11 is 5.03. The third kappa shape index (κ3) is 3.40. The molecule has 0 aromatic rings. The third-order valence-electron chi connectivity index (χ3n) is 5.14. The minimum absolute atomic E-state index is 0.163. The smallest absolute Gasteiger partial charge is 0.168 e. The molecule has 1 heterocycles. The van der Waals surface area contributed by atoms with Crippen LogP contribution in [0.5, 0.6) is 0 Å². The molecule has 4 heteroatoms. The molecule has 0 bridgehead atoms. The Morgan fingerprint density at radius 1 is 1.16 bits per heavy atom. The van der Waals surface area contributed by atoms with Crippen molar-refractivity contribution in [2.45, 2.75) is 53.6 Å². The molecule has 1 amide bonds. The summed E-state index contributed by atoms with van der Waals surface area (Å²) in [6.45, 7) is 15.3. The predicted octanol–water partition coefficient (Wildman–Crippen LogP) is 3.22. The van der Waals surface area contributed by atoms with Crippen molar-refractivity contribution in [2.75, 3.05) is 26.2 Å². The lowest BCUT2D eigenvalue weighted by Crippen LogP contribution is -2.65. The SMILES string of the molecule is CC[N+](CC)(CC)C1C(C)CCC(C)CN1C(=O)[S-]. The summed E-state index contributed by atoms with van der Waals surface area (Å²) in [5.74, 6) is 1.09. The van der Waals surface area contributed by atoms with Gasteiger partial charge in [-0.25, -0.2) is 0 Å². The Bertz CT molecular complexity index is 296. The summed E-state index contributed by atoms with van der Waals surface area (Å²) in [4.78, 5) is 14.0. The van der Waals surface area contributed by atoms with Gasteiger partial charge in [0.1, 0.15) is 5.24 Å². The molecule has 1 rings (SSSR count). The highest BCUT2D eigenvalue weighted by atomic mass is 32.1. The lowest BCUT2D eigenvalue weighted by atomic mass is 9.97. The Morgan fingerprint density at radius 2 is 1.68 bits per heavy atom. The van der Waals surface area contributed by atoms with Gasteiger partial charge >= 0.3 is 0 Å². The van der Waals surface area contributed by atoms with Crippen molar-refractivity contribution >= 4 is 17.9 Å². The Morgan fingerprint density at radius 3 is 2.11 bits per heavy atom. The summed E-state index contributed by atoms with van der Waals surface area (Å²) in [6.07, 6.45) is 2.66. The normalized spacial score (nSPS) is 29.1. The van der Waals surface area contributed by atoms with E-state index in [4.69, 9.17) is 12.6 Å². The molecule has 19 heavy (non-hydrogen) atoms. The first-order chi connectivity index (χ1) is 8.91. The number of amides is 1. The van der Waals surface area contributed by atoms with E-state index in [1.165, 1.54) is 12.8 Å². The fourth-order valence-electron chi connectivity index (χ4n) is 3.79. The Hall–Kier alpha value is -0.350. The van der Waals surface area contributed by atoms with Crippen molar-refractivity contribution in [3.05, 3.63) is 0 Å². The van der Waals surface area contributed by atoms with Crippen LogP contribution < -0.4 is 0 Å². The van der Waals surface area contributed by atoms with Crippen LogP contribution in [0, 0.1) is 11.8 Å². The molecule has 0 radical (unpaired) electrons. The van der Waals surface area contributed by atoms with Crippen molar-refractivity contribution in [3.63, 3.8) is 0 Å². The first kappa shape index (κ1) is 16.7. The minimum atomic E-state index is -0.163. The van der Waals surface area contributed by atoms with E-state index >= 15 is 0 Å². The Balaban J connectivity index is 3.17. The van der Waals surface area contributed by atoms with Crippen molar-refractivity contribution < 1.29 is 9.28 Å². The number of likely N-dealkylation sites (tertiary alicyclic amines) is 1. The molecular formula is C15H30N2OS. The molecule has 1 aliphatic rings. The van der Waals surface area contributed by atoms with E-state index in [1.807, 2.05) is 4.90 Å². The van der Waals surface area contributed by atoms with Crippen LogP contribution in [0.1, 0.15) is 47.5 Å². The summed E-state index contributed by atoms with van der Waals surface area (Å²) in [7, 11) is 0. The highest BCUT2D eigenvalue weighted by Gasteiger charge is 2.42. The van der Waals surface area contributed by atoms with Gasteiger partial charge in [0.05, 0.1) is 19.6 Å². The van der Waals surface area contributed by atoms with Crippen LogP contribution in [-0.4, -0.2) is 47.0 Å². The Kier molecular flexibility index (Phi) is 6.06. The molecule has 0 saturated carbocycles. The van der Waals surface area contributed by atoms with Gasteiger partial charge in [-0.05, 0) is 39.5 Å². The molecule has 1 fully saturated rings. The van der Waals surface area contributed by atoms with Gasteiger partial charge in [-0.1, -0.05) is 13.8 Å². The quantitative estimate of drug-likeness (QED) is 0.584. The summed E-state index contributed by atoms with van der Waals surface area (Å²) in [5.41, 5.74) is 0. The van der Waals surface area contributed by atoms with Crippen LogP contribution >= 0.6 is 0 Å². The summed E-state index contributed by atoms with van der Waals surface area (Å²) < 4.78 is 0.982. The van der Waals surface area contributed by atoms with Crippen molar-refractivity contribution in [1.29, 1.82) is 0 Å². The standard InChI is InChI=1S/C15H30N2OS/c1-6-17(7-2,8-3)14-13(5)10-9-12(4)11-16(14)15(18)19/h12-14H,6-11H2,1-5H3. The average Bonchev–Trinajstić information content (AvgIpc) is 2.54. The van der Waals surface area contributed by atoms with Crippen LogP contribution in [0.15, 0.2) is 0 Å². The van der Waals surface area contributed by atoms with Crippen molar-refractivity contribution in [2.24, 2.45) is 11.8 Å². The molecule has 1 aliphatic heterocycles. The monoisotopic (exact) mass is 286 g/mol. The number of quaternary nitrogens is 1. The van der Waals surface area contributed by atoms with Crippen LogP contribution in [-0.2, 0) is 12.6 Å². The molecule has 3 atom stereocenters. The maximum Gasteiger partial charge on any atom is 0.168 e. The zero-order valence-electron chi connectivity index (χ0n) is 13.2. The minimum Gasteiger partial charge on any atom is -0.719 e. The van der Waals surface area contributed by atoms with E-state index in [0.717, 1.165) is 30.7 Å². The van der Waals surface area contributed by atoms with E-state index in [2.05, 4.69) is 34.6 Å². The van der Waals surface area contributed by atoms with Crippen molar-refractivity contribution in [1.82, 2.24) is 4.90 Å². The van der Waals surface area contributed by atoms with E-state index in [1.54, 1.807) is 0 Å². The number of carbonyl (C=O) groups excluding carboxylic acids is 1. The molecule has 0 aromatic carbocycles. The molecule has 0 spiro atoms. The van der Waals surface area contributed by atoms with Gasteiger partial charge in [0.15, 0.2) is 6.17 Å². The van der Waals surface area contributed by atoms with Gasteiger partial charge in [-0.2, -0.15) is 0 Å². The van der Waals surface area contributed by atoms with Crippen LogP contribution in [0.4, 0.5) is 4.79 Å². The zero-order chi connectivity index (χ0) is 14.6. The zero-order valence-corrected chi connectivity index (χ0v) is 14.0. The van der Waals surface area contributed by atoms with Crippen LogP contribution in [0.3, 0.4) is 0 Å². The maximum absolute atomic E-state index is 12.0. The maximum atomic E-state index is 12.0. The molecule has 0 aromatic heterocycles. The highest BCUT2D eigenvalue weighted by Crippen LogP contribution is 2.32. The van der Waals surface area contributed by atoms with E-state index in [-0.39, 0.29) is 11.4 Å². The first-order valence-corrected chi connectivity index (χ1v) is 8.16. The van der Waals surface area contributed by atoms with E-state index in [9.17, 15) is 4.79 Å². The number of nitrogens with zero attached hydrogens (tertiary/aromatic N) is 2. The van der Waals surface area contributed by atoms with Gasteiger partial charge in [0.25, 0.3) is 0 Å². The molecule has 0 aliphatic carbocycles. The Labute approximate surface area is 124 Å². The molecule has 112 valence electrons. The second-order valence-electron chi connectivity index (χ2n) is 6.16. The van der Waals surface area contributed by atoms with Gasteiger partial charge in [-0.15, -0.1) is 0 Å². The van der Waals surface area contributed by atoms with Gasteiger partial charge < -0.3 is 26.8 Å². The predicted molar refractivity (Wildman–Crippen MR) is 82.7 cm³/mol. The summed E-state index contributed by atoms with van der Waals surface area (Å²) in [5, 5.41) is -0.163. The second-order valence-corrected chi connectivity index (χ2v) is 6.51. The number of hydrogen-bond acceptors (Lipinski definition) is 2. The third-order valence-corrected chi connectivity index (χ3v) is 5.37. The van der Waals surface area contributed by atoms with Crippen LogP contribution in [0.2, 0.25) is 0 Å². The van der Waals surface area contributed by atoms with Gasteiger partial charge in [0, 0.05) is 12.5 Å².